The Morgan fingerprint density at radius 2 is 1.67 bits per heavy atom. The van der Waals surface area contributed by atoms with Gasteiger partial charge in [0.05, 0.1) is 10.7 Å². The summed E-state index contributed by atoms with van der Waals surface area (Å²) in [6, 6.07) is 8.83. The molecule has 1 amide bonds. The van der Waals surface area contributed by atoms with Crippen molar-refractivity contribution >= 4 is 59.0 Å². The van der Waals surface area contributed by atoms with Crippen LogP contribution in [0.25, 0.3) is 0 Å². The zero-order chi connectivity index (χ0) is 15.6. The fraction of sp³-hybridized carbons (Fsp3) is 0. The van der Waals surface area contributed by atoms with E-state index >= 15 is 0 Å². The van der Waals surface area contributed by atoms with Crippen molar-refractivity contribution in [2.75, 3.05) is 5.32 Å². The van der Waals surface area contributed by atoms with Crippen molar-refractivity contribution in [2.24, 2.45) is 0 Å². The van der Waals surface area contributed by atoms with Crippen LogP contribution in [-0.2, 0) is 0 Å². The average Bonchev–Trinajstić information content (AvgIpc) is 2.43. The van der Waals surface area contributed by atoms with Gasteiger partial charge in [-0.25, -0.2) is 0 Å². The van der Waals surface area contributed by atoms with Gasteiger partial charge in [-0.15, -0.1) is 0 Å². The summed E-state index contributed by atoms with van der Waals surface area (Å²) in [7, 11) is -1.76. The van der Waals surface area contributed by atoms with Crippen molar-refractivity contribution in [2.45, 2.75) is 0 Å². The van der Waals surface area contributed by atoms with Gasteiger partial charge >= 0.3 is 7.12 Å². The molecule has 2 aromatic rings. The Morgan fingerprint density at radius 1 is 1.00 bits per heavy atom. The molecule has 2 aromatic carbocycles. The zero-order valence-electron chi connectivity index (χ0n) is 10.5. The summed E-state index contributed by atoms with van der Waals surface area (Å²) in [6.07, 6.45) is 0. The number of hydrogen-bond donors (Lipinski definition) is 3. The van der Waals surface area contributed by atoms with E-state index in [1.54, 1.807) is 12.1 Å². The highest BCUT2D eigenvalue weighted by molar-refractivity contribution is 6.62. The zero-order valence-corrected chi connectivity index (χ0v) is 12.7. The van der Waals surface area contributed by atoms with E-state index < -0.39 is 13.0 Å². The molecular weight excluding hydrogens is 335 g/mol. The maximum atomic E-state index is 12.1. The summed E-state index contributed by atoms with van der Waals surface area (Å²) in [5.74, 6) is -0.474. The van der Waals surface area contributed by atoms with Gasteiger partial charge in [-0.3, -0.25) is 4.79 Å². The van der Waals surface area contributed by atoms with Gasteiger partial charge in [0.25, 0.3) is 5.91 Å². The van der Waals surface area contributed by atoms with Gasteiger partial charge in [0.2, 0.25) is 0 Å². The predicted octanol–water partition coefficient (Wildman–Crippen LogP) is 2.58. The van der Waals surface area contributed by atoms with Crippen molar-refractivity contribution in [1.82, 2.24) is 0 Å². The summed E-state index contributed by atoms with van der Waals surface area (Å²) in [4.78, 5) is 12.1. The number of carbonyl (C=O) groups excluding carboxylic acids is 1. The maximum absolute atomic E-state index is 12.1. The second-order valence-electron chi connectivity index (χ2n) is 4.19. The molecule has 0 saturated carbocycles. The first-order valence-electron chi connectivity index (χ1n) is 5.80. The highest BCUT2D eigenvalue weighted by Crippen LogP contribution is 2.25. The second kappa shape index (κ2) is 6.68. The number of amides is 1. The van der Waals surface area contributed by atoms with E-state index in [1.807, 2.05) is 0 Å². The monoisotopic (exact) mass is 343 g/mol. The van der Waals surface area contributed by atoms with Gasteiger partial charge in [0.15, 0.2) is 0 Å². The summed E-state index contributed by atoms with van der Waals surface area (Å²) >= 11 is 17.6. The van der Waals surface area contributed by atoms with Gasteiger partial charge in [-0.1, -0.05) is 34.8 Å². The molecule has 0 fully saturated rings. The molecule has 0 aromatic heterocycles. The first-order chi connectivity index (χ1) is 9.88. The lowest BCUT2D eigenvalue weighted by Gasteiger charge is -2.09. The van der Waals surface area contributed by atoms with Crippen LogP contribution in [0.2, 0.25) is 15.1 Å². The number of carbonyl (C=O) groups is 1. The van der Waals surface area contributed by atoms with Gasteiger partial charge in [-0.2, -0.15) is 0 Å². The SMILES string of the molecule is O=C(Nc1cc(Cl)ccc1Cl)c1ccc(Cl)c(B(O)O)c1. The molecule has 0 heterocycles. The van der Waals surface area contributed by atoms with Crippen LogP contribution in [0, 0.1) is 0 Å². The Morgan fingerprint density at radius 3 is 2.33 bits per heavy atom. The standard InChI is InChI=1S/C13H9BCl3NO3/c15-8-2-4-11(17)12(6-8)18-13(19)7-1-3-10(16)9(5-7)14(20)21/h1-6,20-21H,(H,18,19). The molecule has 0 atom stereocenters. The second-order valence-corrected chi connectivity index (χ2v) is 5.44. The third-order valence-electron chi connectivity index (χ3n) is 2.71. The molecule has 0 radical (unpaired) electrons. The van der Waals surface area contributed by atoms with Crippen LogP contribution >= 0.6 is 34.8 Å². The molecule has 0 spiro atoms. The van der Waals surface area contributed by atoms with Crippen molar-refractivity contribution in [3.63, 3.8) is 0 Å². The van der Waals surface area contributed by atoms with E-state index in [4.69, 9.17) is 34.8 Å². The van der Waals surface area contributed by atoms with Gasteiger partial charge in [-0.05, 0) is 36.4 Å². The van der Waals surface area contributed by atoms with Crippen molar-refractivity contribution < 1.29 is 14.8 Å². The minimum absolute atomic E-state index is 0.0431. The van der Waals surface area contributed by atoms with E-state index in [1.165, 1.54) is 24.3 Å². The molecule has 0 saturated heterocycles. The number of anilines is 1. The minimum Gasteiger partial charge on any atom is -0.423 e. The third kappa shape index (κ3) is 3.90. The molecular formula is C13H9BCl3NO3. The summed E-state index contributed by atoms with van der Waals surface area (Å²) in [6.45, 7) is 0. The van der Waals surface area contributed by atoms with Gasteiger partial charge < -0.3 is 15.4 Å². The normalized spacial score (nSPS) is 10.3. The highest BCUT2D eigenvalue weighted by Gasteiger charge is 2.18. The first-order valence-corrected chi connectivity index (χ1v) is 6.94. The molecule has 4 nitrogen and oxygen atoms in total. The first kappa shape index (κ1) is 16.1. The number of rotatable bonds is 3. The molecule has 0 aliphatic carbocycles. The average molecular weight is 344 g/mol. The largest absolute Gasteiger partial charge is 0.489 e. The van der Waals surface area contributed by atoms with E-state index in [0.29, 0.717) is 15.7 Å². The van der Waals surface area contributed by atoms with E-state index in [-0.39, 0.29) is 16.0 Å². The molecule has 21 heavy (non-hydrogen) atoms. The maximum Gasteiger partial charge on any atom is 0.489 e. The third-order valence-corrected chi connectivity index (χ3v) is 3.62. The summed E-state index contributed by atoms with van der Waals surface area (Å²) in [5.41, 5.74) is 0.607. The number of nitrogens with one attached hydrogen (secondary N) is 1. The molecule has 108 valence electrons. The molecule has 0 unspecified atom stereocenters. The molecule has 8 heteroatoms. The lowest BCUT2D eigenvalue weighted by molar-refractivity contribution is 0.102. The molecule has 2 rings (SSSR count). The predicted molar refractivity (Wildman–Crippen MR) is 85.7 cm³/mol. The Kier molecular flexibility index (Phi) is 5.14. The van der Waals surface area contributed by atoms with E-state index in [2.05, 4.69) is 5.32 Å². The lowest BCUT2D eigenvalue weighted by Crippen LogP contribution is -2.32. The molecule has 0 aliphatic rings. The van der Waals surface area contributed by atoms with Crippen LogP contribution in [0.15, 0.2) is 36.4 Å². The Hall–Kier alpha value is -1.24. The molecule has 3 N–H and O–H groups in total. The van der Waals surface area contributed by atoms with Crippen molar-refractivity contribution in [3.8, 4) is 0 Å². The van der Waals surface area contributed by atoms with Crippen LogP contribution < -0.4 is 10.8 Å². The number of hydrogen-bond acceptors (Lipinski definition) is 3. The van der Waals surface area contributed by atoms with Crippen molar-refractivity contribution in [3.05, 3.63) is 57.0 Å². The Bertz CT molecular complexity index is 694. The summed E-state index contributed by atoms with van der Waals surface area (Å²) < 4.78 is 0. The molecule has 0 aliphatic heterocycles. The number of benzene rings is 2. The molecule has 0 bridgehead atoms. The van der Waals surface area contributed by atoms with Crippen LogP contribution in [0.1, 0.15) is 10.4 Å². The Labute approximate surface area is 136 Å². The highest BCUT2D eigenvalue weighted by atomic mass is 35.5. The lowest BCUT2D eigenvalue weighted by atomic mass is 9.79. The van der Waals surface area contributed by atoms with E-state index in [9.17, 15) is 14.8 Å². The topological polar surface area (TPSA) is 69.6 Å². The quantitative estimate of drug-likeness (QED) is 0.750. The van der Waals surface area contributed by atoms with Crippen LogP contribution in [0.5, 0.6) is 0 Å². The van der Waals surface area contributed by atoms with Crippen LogP contribution in [-0.4, -0.2) is 23.1 Å². The smallest absolute Gasteiger partial charge is 0.423 e. The minimum atomic E-state index is -1.76. The van der Waals surface area contributed by atoms with Crippen LogP contribution in [0.3, 0.4) is 0 Å². The van der Waals surface area contributed by atoms with Gasteiger partial charge in [0.1, 0.15) is 0 Å². The van der Waals surface area contributed by atoms with E-state index in [0.717, 1.165) is 0 Å². The van der Waals surface area contributed by atoms with Crippen LogP contribution in [0.4, 0.5) is 5.69 Å². The fourth-order valence-electron chi connectivity index (χ4n) is 1.67. The number of halogens is 3. The fourth-order valence-corrected chi connectivity index (χ4v) is 2.22. The van der Waals surface area contributed by atoms with Gasteiger partial charge in [0, 0.05) is 21.1 Å². The Balaban J connectivity index is 2.28. The van der Waals surface area contributed by atoms with Crippen molar-refractivity contribution in [1.29, 1.82) is 0 Å². The summed E-state index contributed by atoms with van der Waals surface area (Å²) in [5, 5.41) is 21.9.